The predicted octanol–water partition coefficient (Wildman–Crippen LogP) is 3.18. The lowest BCUT2D eigenvalue weighted by Gasteiger charge is -2.27. The van der Waals surface area contributed by atoms with E-state index in [4.69, 9.17) is 0 Å². The Morgan fingerprint density at radius 3 is 2.65 bits per heavy atom. The van der Waals surface area contributed by atoms with E-state index in [9.17, 15) is 4.79 Å². The molecule has 2 aromatic rings. The summed E-state index contributed by atoms with van der Waals surface area (Å²) >= 11 is 1.56. The zero-order chi connectivity index (χ0) is 13.9. The first-order valence-electron chi connectivity index (χ1n) is 6.98. The maximum Gasteiger partial charge on any atom is 0.221 e. The number of benzene rings is 1. The molecule has 1 aromatic heterocycles. The van der Waals surface area contributed by atoms with Crippen molar-refractivity contribution in [1.82, 2.24) is 9.88 Å². The van der Waals surface area contributed by atoms with Crippen LogP contribution in [-0.2, 0) is 0 Å². The number of hydrogen-bond acceptors (Lipinski definition) is 4. The van der Waals surface area contributed by atoms with Gasteiger partial charge in [0.25, 0.3) is 0 Å². The van der Waals surface area contributed by atoms with Gasteiger partial charge < -0.3 is 4.90 Å². The molecule has 0 unspecified atom stereocenters. The molecule has 1 saturated heterocycles. The second kappa shape index (κ2) is 5.85. The van der Waals surface area contributed by atoms with E-state index in [1.165, 1.54) is 4.88 Å². The maximum atomic E-state index is 12.3. The van der Waals surface area contributed by atoms with Crippen LogP contribution in [0.1, 0.15) is 39.0 Å². The predicted molar refractivity (Wildman–Crippen MR) is 81.5 cm³/mol. The summed E-state index contributed by atoms with van der Waals surface area (Å²) in [6, 6.07) is 9.39. The third kappa shape index (κ3) is 2.81. The van der Waals surface area contributed by atoms with Gasteiger partial charge in [-0.05, 0) is 38.9 Å². The molecule has 20 heavy (non-hydrogen) atoms. The van der Waals surface area contributed by atoms with Crippen molar-refractivity contribution in [2.45, 2.75) is 18.8 Å². The monoisotopic (exact) mass is 286 g/mol. The highest BCUT2D eigenvalue weighted by atomic mass is 32.1. The van der Waals surface area contributed by atoms with Gasteiger partial charge in [0.05, 0.1) is 0 Å². The van der Waals surface area contributed by atoms with Crippen molar-refractivity contribution in [3.05, 3.63) is 52.0 Å². The highest BCUT2D eigenvalue weighted by Crippen LogP contribution is 2.31. The van der Waals surface area contributed by atoms with Gasteiger partial charge in [-0.25, -0.2) is 4.98 Å². The molecule has 0 radical (unpaired) electrons. The molecule has 3 nitrogen and oxygen atoms in total. The zero-order valence-electron chi connectivity index (χ0n) is 11.6. The molecule has 0 amide bonds. The minimum Gasteiger partial charge on any atom is -0.306 e. The number of carbonyl (C=O) groups excluding carboxylic acids is 1. The van der Waals surface area contributed by atoms with E-state index in [0.717, 1.165) is 31.5 Å². The normalized spacial score (nSPS) is 17.2. The van der Waals surface area contributed by atoms with Crippen LogP contribution >= 0.6 is 11.3 Å². The summed E-state index contributed by atoms with van der Waals surface area (Å²) in [5.74, 6) is 0.607. The number of carbonyl (C=O) groups is 1. The molecular formula is C16H18N2OS. The molecule has 1 aliphatic heterocycles. The first-order chi connectivity index (χ1) is 9.74. The Hall–Kier alpha value is -1.52. The Labute approximate surface area is 123 Å². The number of thiazole rings is 1. The van der Waals surface area contributed by atoms with E-state index in [1.54, 1.807) is 11.3 Å². The van der Waals surface area contributed by atoms with Gasteiger partial charge >= 0.3 is 0 Å². The molecule has 0 spiro atoms. The maximum absolute atomic E-state index is 12.3. The number of nitrogens with zero attached hydrogens (tertiary/aromatic N) is 2. The van der Waals surface area contributed by atoms with Crippen molar-refractivity contribution < 1.29 is 4.79 Å². The van der Waals surface area contributed by atoms with E-state index in [1.807, 2.05) is 36.5 Å². The van der Waals surface area contributed by atoms with Crippen molar-refractivity contribution in [3.63, 3.8) is 0 Å². The van der Waals surface area contributed by atoms with Gasteiger partial charge in [-0.15, -0.1) is 11.3 Å². The molecule has 0 atom stereocenters. The topological polar surface area (TPSA) is 33.2 Å². The van der Waals surface area contributed by atoms with Gasteiger partial charge in [-0.1, -0.05) is 30.3 Å². The lowest BCUT2D eigenvalue weighted by molar-refractivity contribution is 0.103. The molecule has 1 fully saturated rings. The third-order valence-corrected chi connectivity index (χ3v) is 5.03. The molecule has 4 heteroatoms. The number of rotatable bonds is 3. The van der Waals surface area contributed by atoms with Crippen LogP contribution in [0.4, 0.5) is 0 Å². The molecule has 0 aliphatic carbocycles. The molecule has 3 rings (SSSR count). The fraction of sp³-hybridized carbons (Fsp3) is 0.375. The van der Waals surface area contributed by atoms with Gasteiger partial charge in [-0.2, -0.15) is 0 Å². The fourth-order valence-corrected chi connectivity index (χ4v) is 3.63. The van der Waals surface area contributed by atoms with Crippen LogP contribution in [0.15, 0.2) is 36.5 Å². The smallest absolute Gasteiger partial charge is 0.221 e. The number of aromatic nitrogens is 1. The minimum absolute atomic E-state index is 0.0368. The SMILES string of the molecule is CN1CCC(c2cnc(C(=O)c3ccccc3)s2)CC1. The highest BCUT2D eigenvalue weighted by Gasteiger charge is 2.22. The Morgan fingerprint density at radius 2 is 1.95 bits per heavy atom. The standard InChI is InChI=1S/C16H18N2OS/c1-18-9-7-12(8-10-18)14-11-17-16(20-14)15(19)13-5-3-2-4-6-13/h2-6,11-12H,7-10H2,1H3. The summed E-state index contributed by atoms with van der Waals surface area (Å²) in [6.07, 6.45) is 4.23. The van der Waals surface area contributed by atoms with E-state index >= 15 is 0 Å². The number of hydrogen-bond donors (Lipinski definition) is 0. The average Bonchev–Trinajstić information content (AvgIpc) is 2.98. The molecule has 2 heterocycles. The van der Waals surface area contributed by atoms with Crippen LogP contribution < -0.4 is 0 Å². The molecule has 1 aromatic carbocycles. The third-order valence-electron chi connectivity index (χ3n) is 3.87. The van der Waals surface area contributed by atoms with E-state index in [0.29, 0.717) is 10.9 Å². The number of piperidine rings is 1. The molecule has 0 bridgehead atoms. The molecule has 104 valence electrons. The van der Waals surface area contributed by atoms with Gasteiger partial charge in [0.1, 0.15) is 0 Å². The highest BCUT2D eigenvalue weighted by molar-refractivity contribution is 7.13. The van der Waals surface area contributed by atoms with Crippen LogP contribution in [0.3, 0.4) is 0 Å². The van der Waals surface area contributed by atoms with Crippen molar-refractivity contribution in [3.8, 4) is 0 Å². The van der Waals surface area contributed by atoms with Crippen molar-refractivity contribution >= 4 is 17.1 Å². The van der Waals surface area contributed by atoms with Crippen molar-refractivity contribution in [2.75, 3.05) is 20.1 Å². The van der Waals surface area contributed by atoms with E-state index in [2.05, 4.69) is 16.9 Å². The van der Waals surface area contributed by atoms with Crippen LogP contribution in [0, 0.1) is 0 Å². The Kier molecular flexibility index (Phi) is 3.94. The lowest BCUT2D eigenvalue weighted by atomic mass is 9.96. The summed E-state index contributed by atoms with van der Waals surface area (Å²) < 4.78 is 0. The summed E-state index contributed by atoms with van der Waals surface area (Å²) in [5.41, 5.74) is 0.719. The second-order valence-electron chi connectivity index (χ2n) is 5.34. The van der Waals surface area contributed by atoms with E-state index < -0.39 is 0 Å². The van der Waals surface area contributed by atoms with Gasteiger partial charge in [0.15, 0.2) is 5.01 Å². The first kappa shape index (κ1) is 13.5. The Balaban J connectivity index is 1.75. The molecular weight excluding hydrogens is 268 g/mol. The molecule has 1 aliphatic rings. The number of likely N-dealkylation sites (tertiary alicyclic amines) is 1. The van der Waals surface area contributed by atoms with Gasteiger partial charge in [0, 0.05) is 16.6 Å². The minimum atomic E-state index is 0.0368. The molecule has 0 saturated carbocycles. The number of ketones is 1. The Bertz CT molecular complexity index is 586. The summed E-state index contributed by atoms with van der Waals surface area (Å²) in [7, 11) is 2.16. The van der Waals surface area contributed by atoms with Gasteiger partial charge in [0.2, 0.25) is 5.78 Å². The average molecular weight is 286 g/mol. The Morgan fingerprint density at radius 1 is 1.25 bits per heavy atom. The zero-order valence-corrected chi connectivity index (χ0v) is 12.4. The van der Waals surface area contributed by atoms with Gasteiger partial charge in [-0.3, -0.25) is 4.79 Å². The molecule has 0 N–H and O–H groups in total. The quantitative estimate of drug-likeness (QED) is 0.813. The van der Waals surface area contributed by atoms with Crippen LogP contribution in [0.5, 0.6) is 0 Å². The summed E-state index contributed by atoms with van der Waals surface area (Å²) in [5, 5.41) is 0.616. The lowest BCUT2D eigenvalue weighted by Crippen LogP contribution is -2.28. The first-order valence-corrected chi connectivity index (χ1v) is 7.79. The largest absolute Gasteiger partial charge is 0.306 e. The van der Waals surface area contributed by atoms with Crippen LogP contribution in [0.2, 0.25) is 0 Å². The fourth-order valence-electron chi connectivity index (χ4n) is 2.59. The second-order valence-corrected chi connectivity index (χ2v) is 6.40. The van der Waals surface area contributed by atoms with Crippen molar-refractivity contribution in [2.24, 2.45) is 0 Å². The summed E-state index contributed by atoms with van der Waals surface area (Å²) in [6.45, 7) is 2.26. The van der Waals surface area contributed by atoms with Crippen LogP contribution in [-0.4, -0.2) is 35.8 Å². The van der Waals surface area contributed by atoms with E-state index in [-0.39, 0.29) is 5.78 Å². The van der Waals surface area contributed by atoms with Crippen molar-refractivity contribution in [1.29, 1.82) is 0 Å². The summed E-state index contributed by atoms with van der Waals surface area (Å²) in [4.78, 5) is 20.3. The van der Waals surface area contributed by atoms with Crippen LogP contribution in [0.25, 0.3) is 0 Å².